The van der Waals surface area contributed by atoms with Gasteiger partial charge in [0.2, 0.25) is 11.9 Å². The summed E-state index contributed by atoms with van der Waals surface area (Å²) in [6.07, 6.45) is 0.363. The van der Waals surface area contributed by atoms with Crippen molar-refractivity contribution in [3.8, 4) is 17.1 Å². The number of carbonyl (C=O) groups excluding carboxylic acids is 1. The summed E-state index contributed by atoms with van der Waals surface area (Å²) < 4.78 is 10.5. The second kappa shape index (κ2) is 10.3. The molecule has 156 valence electrons. The molecule has 1 aromatic carbocycles. The highest BCUT2D eigenvalue weighted by Crippen LogP contribution is 2.36. The molecule has 3 rings (SSSR count). The third kappa shape index (κ3) is 5.83. The number of rotatable bonds is 7. The summed E-state index contributed by atoms with van der Waals surface area (Å²) in [5.74, 6) is 1.27. The van der Waals surface area contributed by atoms with Crippen LogP contribution in [0.1, 0.15) is 6.42 Å². The van der Waals surface area contributed by atoms with Crippen molar-refractivity contribution < 1.29 is 14.3 Å². The summed E-state index contributed by atoms with van der Waals surface area (Å²) in [5.41, 5.74) is 11.7. The van der Waals surface area contributed by atoms with Crippen molar-refractivity contribution in [2.45, 2.75) is 11.6 Å². The maximum atomic E-state index is 12.2. The van der Waals surface area contributed by atoms with Crippen LogP contribution in [-0.2, 0) is 9.53 Å². The van der Waals surface area contributed by atoms with Crippen molar-refractivity contribution in [1.82, 2.24) is 19.9 Å². The highest BCUT2D eigenvalue weighted by atomic mass is 35.5. The van der Waals surface area contributed by atoms with Gasteiger partial charge in [-0.3, -0.25) is 10.5 Å². The number of nitrogen functional groups attached to an aromatic ring is 1. The van der Waals surface area contributed by atoms with Gasteiger partial charge in [0.25, 0.3) is 0 Å². The van der Waals surface area contributed by atoms with Crippen molar-refractivity contribution in [2.75, 3.05) is 44.5 Å². The first-order valence-electron chi connectivity index (χ1n) is 8.80. The molecule has 1 aromatic heterocycles. The molecule has 9 nitrogen and oxygen atoms in total. The van der Waals surface area contributed by atoms with E-state index in [1.165, 1.54) is 17.8 Å². The summed E-state index contributed by atoms with van der Waals surface area (Å²) >= 11 is 13.7. The van der Waals surface area contributed by atoms with Crippen LogP contribution in [0.3, 0.4) is 0 Å². The molecule has 0 saturated carbocycles. The quantitative estimate of drug-likeness (QED) is 0.472. The van der Waals surface area contributed by atoms with Gasteiger partial charge in [0.05, 0.1) is 23.3 Å². The van der Waals surface area contributed by atoms with E-state index < -0.39 is 0 Å². The lowest BCUT2D eigenvalue weighted by atomic mass is 10.2. The van der Waals surface area contributed by atoms with Gasteiger partial charge in [-0.1, -0.05) is 35.0 Å². The van der Waals surface area contributed by atoms with Crippen molar-refractivity contribution in [1.29, 1.82) is 0 Å². The van der Waals surface area contributed by atoms with Crippen LogP contribution in [0.2, 0.25) is 10.0 Å². The van der Waals surface area contributed by atoms with Crippen LogP contribution in [-0.4, -0.2) is 64.5 Å². The number of thioether (sulfide) groups is 1. The fourth-order valence-electron chi connectivity index (χ4n) is 2.66. The van der Waals surface area contributed by atoms with Crippen molar-refractivity contribution >= 4 is 46.8 Å². The van der Waals surface area contributed by atoms with Crippen molar-refractivity contribution in [3.63, 3.8) is 0 Å². The molecule has 0 bridgehead atoms. The number of halogens is 2. The van der Waals surface area contributed by atoms with Crippen LogP contribution in [0, 0.1) is 0 Å². The zero-order chi connectivity index (χ0) is 20.8. The SMILES string of the molecule is NCOc1cc(-c2nc(N)nc(SCCC(=O)N3CCOCC3)n2)c(Cl)cc1Cl. The first-order valence-corrected chi connectivity index (χ1v) is 10.5. The monoisotopic (exact) mass is 458 g/mol. The van der Waals surface area contributed by atoms with Crippen LogP contribution in [0.4, 0.5) is 5.95 Å². The van der Waals surface area contributed by atoms with Crippen molar-refractivity contribution in [3.05, 3.63) is 22.2 Å². The van der Waals surface area contributed by atoms with Gasteiger partial charge >= 0.3 is 0 Å². The smallest absolute Gasteiger partial charge is 0.224 e. The number of hydrogen-bond acceptors (Lipinski definition) is 9. The predicted octanol–water partition coefficient (Wildman–Crippen LogP) is 2.06. The number of anilines is 1. The van der Waals surface area contributed by atoms with Crippen LogP contribution >= 0.6 is 35.0 Å². The van der Waals surface area contributed by atoms with Gasteiger partial charge < -0.3 is 20.1 Å². The zero-order valence-corrected chi connectivity index (χ0v) is 17.8. The number of carbonyl (C=O) groups is 1. The molecule has 0 atom stereocenters. The van der Waals surface area contributed by atoms with E-state index in [-0.39, 0.29) is 24.4 Å². The van der Waals surface area contributed by atoms with Gasteiger partial charge in [0.1, 0.15) is 12.5 Å². The summed E-state index contributed by atoms with van der Waals surface area (Å²) in [5, 5.41) is 1.06. The molecular weight excluding hydrogens is 439 g/mol. The molecule has 1 aliphatic heterocycles. The number of nitrogens with two attached hydrogens (primary N) is 2. The fraction of sp³-hybridized carbons (Fsp3) is 0.412. The molecule has 1 saturated heterocycles. The number of ether oxygens (including phenoxy) is 2. The average Bonchev–Trinajstić information content (AvgIpc) is 2.70. The summed E-state index contributed by atoms with van der Waals surface area (Å²) in [4.78, 5) is 26.7. The van der Waals surface area contributed by atoms with Gasteiger partial charge in [-0.15, -0.1) is 0 Å². The van der Waals surface area contributed by atoms with E-state index in [4.69, 9.17) is 44.1 Å². The van der Waals surface area contributed by atoms with Crippen LogP contribution in [0.15, 0.2) is 17.3 Å². The molecule has 1 fully saturated rings. The number of aromatic nitrogens is 3. The lowest BCUT2D eigenvalue weighted by molar-refractivity contribution is -0.134. The van der Waals surface area contributed by atoms with Gasteiger partial charge in [0.15, 0.2) is 11.0 Å². The summed E-state index contributed by atoms with van der Waals surface area (Å²) in [6.45, 7) is 2.34. The molecule has 0 spiro atoms. The van der Waals surface area contributed by atoms with E-state index in [0.717, 1.165) is 0 Å². The molecule has 0 unspecified atom stereocenters. The zero-order valence-electron chi connectivity index (χ0n) is 15.4. The Balaban J connectivity index is 1.71. The molecule has 12 heteroatoms. The minimum Gasteiger partial charge on any atom is -0.477 e. The second-order valence-electron chi connectivity index (χ2n) is 5.96. The van der Waals surface area contributed by atoms with E-state index in [9.17, 15) is 4.79 Å². The highest BCUT2D eigenvalue weighted by molar-refractivity contribution is 7.99. The molecule has 29 heavy (non-hydrogen) atoms. The maximum Gasteiger partial charge on any atom is 0.224 e. The first-order chi connectivity index (χ1) is 14.0. The molecule has 2 aromatic rings. The normalized spacial score (nSPS) is 14.1. The standard InChI is InChI=1S/C17H20Cl2N6O3S/c18-11-8-12(19)13(28-9-20)7-10(11)15-22-16(21)24-17(23-15)29-6-1-14(26)25-2-4-27-5-3-25/h7-8H,1-6,9,20H2,(H2,21,22,23,24). The Morgan fingerprint density at radius 3 is 2.69 bits per heavy atom. The molecule has 0 aliphatic carbocycles. The first kappa shape index (κ1) is 21.8. The number of morpholine rings is 1. The molecule has 1 amide bonds. The van der Waals surface area contributed by atoms with Gasteiger partial charge in [0, 0.05) is 30.8 Å². The Labute approximate surface area is 182 Å². The lowest BCUT2D eigenvalue weighted by Gasteiger charge is -2.26. The van der Waals surface area contributed by atoms with Gasteiger partial charge in [-0.25, -0.2) is 4.98 Å². The molecule has 0 radical (unpaired) electrons. The van der Waals surface area contributed by atoms with Gasteiger partial charge in [-0.2, -0.15) is 9.97 Å². The van der Waals surface area contributed by atoms with E-state index in [0.29, 0.717) is 65.0 Å². The van der Waals surface area contributed by atoms with Crippen molar-refractivity contribution in [2.24, 2.45) is 5.73 Å². The minimum atomic E-state index is -0.0432. The Kier molecular flexibility index (Phi) is 7.73. The fourth-order valence-corrected chi connectivity index (χ4v) is 3.95. The third-order valence-electron chi connectivity index (χ3n) is 4.04. The van der Waals surface area contributed by atoms with E-state index >= 15 is 0 Å². The number of benzene rings is 1. The second-order valence-corrected chi connectivity index (χ2v) is 7.84. The number of amides is 1. The van der Waals surface area contributed by atoms with E-state index in [1.54, 1.807) is 11.0 Å². The average molecular weight is 459 g/mol. The summed E-state index contributed by atoms with van der Waals surface area (Å²) in [6, 6.07) is 3.12. The predicted molar refractivity (Wildman–Crippen MR) is 112 cm³/mol. The Morgan fingerprint density at radius 1 is 1.21 bits per heavy atom. The third-order valence-corrected chi connectivity index (χ3v) is 5.50. The number of hydrogen-bond donors (Lipinski definition) is 2. The molecule has 4 N–H and O–H groups in total. The van der Waals surface area contributed by atoms with Gasteiger partial charge in [-0.05, 0) is 12.1 Å². The lowest BCUT2D eigenvalue weighted by Crippen LogP contribution is -2.40. The van der Waals surface area contributed by atoms with Crippen LogP contribution < -0.4 is 16.2 Å². The Bertz CT molecular complexity index is 882. The Morgan fingerprint density at radius 2 is 1.97 bits per heavy atom. The molecule has 1 aliphatic rings. The van der Waals surface area contributed by atoms with Crippen LogP contribution in [0.25, 0.3) is 11.4 Å². The number of nitrogens with zero attached hydrogens (tertiary/aromatic N) is 4. The highest BCUT2D eigenvalue weighted by Gasteiger charge is 2.18. The summed E-state index contributed by atoms with van der Waals surface area (Å²) in [7, 11) is 0. The Hall–Kier alpha value is -1.85. The molecular formula is C17H20Cl2N6O3S. The molecule has 2 heterocycles. The topological polar surface area (TPSA) is 129 Å². The van der Waals surface area contributed by atoms with E-state index in [1.807, 2.05) is 0 Å². The maximum absolute atomic E-state index is 12.2. The minimum absolute atomic E-state index is 0.0432. The van der Waals surface area contributed by atoms with E-state index in [2.05, 4.69) is 15.0 Å². The largest absolute Gasteiger partial charge is 0.477 e. The van der Waals surface area contributed by atoms with Crippen LogP contribution in [0.5, 0.6) is 5.75 Å².